The highest BCUT2D eigenvalue weighted by molar-refractivity contribution is 5.38. The van der Waals surface area contributed by atoms with Gasteiger partial charge in [0, 0.05) is 18.2 Å². The molecule has 114 valence electrons. The van der Waals surface area contributed by atoms with Gasteiger partial charge in [-0.15, -0.1) is 0 Å². The predicted octanol–water partition coefficient (Wildman–Crippen LogP) is 3.50. The molecule has 0 radical (unpaired) electrons. The zero-order chi connectivity index (χ0) is 15.2. The molecular weight excluding hydrogens is 269 g/mol. The van der Waals surface area contributed by atoms with Gasteiger partial charge in [-0.05, 0) is 31.4 Å². The van der Waals surface area contributed by atoms with Crippen LogP contribution in [0.25, 0.3) is 0 Å². The standard InChI is InChI=1S/C16H22FN3O/c1-3-8-20-11-13(10-19-20)21-16-7-5-6-15(17)14(16)9-12(18)4-2/h5-7,10-12H,3-4,8-9,18H2,1-2H3. The third-order valence-electron chi connectivity index (χ3n) is 3.36. The summed E-state index contributed by atoms with van der Waals surface area (Å²) in [7, 11) is 0. The van der Waals surface area contributed by atoms with Crippen molar-refractivity contribution in [2.75, 3.05) is 0 Å². The SMILES string of the molecule is CCCn1cc(Oc2cccc(F)c2CC(N)CC)cn1. The van der Waals surface area contributed by atoms with E-state index >= 15 is 0 Å². The Labute approximate surface area is 124 Å². The second-order valence-corrected chi connectivity index (χ2v) is 5.13. The van der Waals surface area contributed by atoms with E-state index in [-0.39, 0.29) is 11.9 Å². The summed E-state index contributed by atoms with van der Waals surface area (Å²) in [5.41, 5.74) is 6.46. The number of aromatic nitrogens is 2. The zero-order valence-electron chi connectivity index (χ0n) is 12.6. The number of benzene rings is 1. The Balaban J connectivity index is 2.20. The highest BCUT2D eigenvalue weighted by atomic mass is 19.1. The molecule has 0 saturated carbocycles. The van der Waals surface area contributed by atoms with Crippen LogP contribution in [0.5, 0.6) is 11.5 Å². The first kappa shape index (κ1) is 15.5. The monoisotopic (exact) mass is 291 g/mol. The fourth-order valence-electron chi connectivity index (χ4n) is 2.11. The molecule has 0 spiro atoms. The minimum Gasteiger partial charge on any atom is -0.454 e. The van der Waals surface area contributed by atoms with E-state index in [9.17, 15) is 4.39 Å². The van der Waals surface area contributed by atoms with Crippen molar-refractivity contribution in [3.8, 4) is 11.5 Å². The smallest absolute Gasteiger partial charge is 0.165 e. The van der Waals surface area contributed by atoms with Crippen molar-refractivity contribution in [2.24, 2.45) is 5.73 Å². The van der Waals surface area contributed by atoms with Gasteiger partial charge in [0.25, 0.3) is 0 Å². The lowest BCUT2D eigenvalue weighted by molar-refractivity contribution is 0.459. The molecule has 0 aliphatic rings. The summed E-state index contributed by atoms with van der Waals surface area (Å²) in [5, 5.41) is 4.20. The lowest BCUT2D eigenvalue weighted by Gasteiger charge is -2.14. The molecular formula is C16H22FN3O. The van der Waals surface area contributed by atoms with Crippen molar-refractivity contribution >= 4 is 0 Å². The van der Waals surface area contributed by atoms with Crippen LogP contribution >= 0.6 is 0 Å². The number of ether oxygens (including phenoxy) is 1. The number of nitrogens with two attached hydrogens (primary N) is 1. The normalized spacial score (nSPS) is 12.4. The van der Waals surface area contributed by atoms with E-state index in [2.05, 4.69) is 12.0 Å². The third-order valence-corrected chi connectivity index (χ3v) is 3.36. The minimum atomic E-state index is -0.280. The summed E-state index contributed by atoms with van der Waals surface area (Å²) in [6.45, 7) is 4.90. The summed E-state index contributed by atoms with van der Waals surface area (Å²) in [5.74, 6) is 0.840. The zero-order valence-corrected chi connectivity index (χ0v) is 12.6. The molecule has 0 saturated heterocycles. The van der Waals surface area contributed by atoms with Gasteiger partial charge in [0.2, 0.25) is 0 Å². The maximum absolute atomic E-state index is 14.0. The van der Waals surface area contributed by atoms with Crippen LogP contribution in [0.15, 0.2) is 30.6 Å². The quantitative estimate of drug-likeness (QED) is 0.849. The molecule has 0 amide bonds. The van der Waals surface area contributed by atoms with E-state index in [0.29, 0.717) is 23.5 Å². The van der Waals surface area contributed by atoms with Gasteiger partial charge in [0.15, 0.2) is 5.75 Å². The second-order valence-electron chi connectivity index (χ2n) is 5.13. The Morgan fingerprint density at radius 3 is 2.90 bits per heavy atom. The van der Waals surface area contributed by atoms with Gasteiger partial charge in [0.05, 0.1) is 12.4 Å². The fraction of sp³-hybridized carbons (Fsp3) is 0.438. The van der Waals surface area contributed by atoms with Gasteiger partial charge >= 0.3 is 0 Å². The maximum atomic E-state index is 14.0. The largest absolute Gasteiger partial charge is 0.454 e. The number of hydrogen-bond donors (Lipinski definition) is 1. The first-order valence-corrected chi connectivity index (χ1v) is 7.37. The molecule has 1 heterocycles. The van der Waals surface area contributed by atoms with Gasteiger partial charge in [-0.25, -0.2) is 4.39 Å². The van der Waals surface area contributed by atoms with Gasteiger partial charge in [0.1, 0.15) is 11.6 Å². The number of aryl methyl sites for hydroxylation is 1. The molecule has 2 N–H and O–H groups in total. The molecule has 5 heteroatoms. The van der Waals surface area contributed by atoms with Crippen LogP contribution in [0.1, 0.15) is 32.3 Å². The fourth-order valence-corrected chi connectivity index (χ4v) is 2.11. The first-order valence-electron chi connectivity index (χ1n) is 7.37. The molecule has 1 aromatic heterocycles. The van der Waals surface area contributed by atoms with Crippen molar-refractivity contribution in [1.29, 1.82) is 0 Å². The number of rotatable bonds is 7. The van der Waals surface area contributed by atoms with Crippen molar-refractivity contribution in [2.45, 2.75) is 45.7 Å². The van der Waals surface area contributed by atoms with Gasteiger partial charge < -0.3 is 10.5 Å². The van der Waals surface area contributed by atoms with Crippen LogP contribution in [-0.2, 0) is 13.0 Å². The highest BCUT2D eigenvalue weighted by Gasteiger charge is 2.14. The molecule has 1 unspecified atom stereocenters. The maximum Gasteiger partial charge on any atom is 0.165 e. The Kier molecular flexibility index (Phi) is 5.33. The van der Waals surface area contributed by atoms with Gasteiger partial charge in [-0.2, -0.15) is 5.10 Å². The van der Waals surface area contributed by atoms with E-state index in [1.165, 1.54) is 6.07 Å². The number of halogens is 1. The van der Waals surface area contributed by atoms with Crippen LogP contribution in [0.3, 0.4) is 0 Å². The minimum absolute atomic E-state index is 0.0768. The molecule has 21 heavy (non-hydrogen) atoms. The van der Waals surface area contributed by atoms with Crippen molar-refractivity contribution in [1.82, 2.24) is 9.78 Å². The van der Waals surface area contributed by atoms with E-state index in [1.807, 2.05) is 17.8 Å². The molecule has 2 aromatic rings. The lowest BCUT2D eigenvalue weighted by Crippen LogP contribution is -2.22. The molecule has 0 fully saturated rings. The van der Waals surface area contributed by atoms with Crippen LogP contribution in [0, 0.1) is 5.82 Å². The molecule has 1 aromatic carbocycles. The summed E-state index contributed by atoms with van der Waals surface area (Å²) in [4.78, 5) is 0. The molecule has 4 nitrogen and oxygen atoms in total. The Bertz CT molecular complexity index is 583. The van der Waals surface area contributed by atoms with Gasteiger partial charge in [-0.3, -0.25) is 4.68 Å². The highest BCUT2D eigenvalue weighted by Crippen LogP contribution is 2.28. The molecule has 1 atom stereocenters. The van der Waals surface area contributed by atoms with Crippen LogP contribution in [0.2, 0.25) is 0 Å². The Hall–Kier alpha value is -1.88. The molecule has 0 aliphatic heterocycles. The molecule has 2 rings (SSSR count). The van der Waals surface area contributed by atoms with Crippen molar-refractivity contribution in [3.05, 3.63) is 42.0 Å². The summed E-state index contributed by atoms with van der Waals surface area (Å²) in [6, 6.07) is 4.76. The lowest BCUT2D eigenvalue weighted by atomic mass is 10.0. The summed E-state index contributed by atoms with van der Waals surface area (Å²) < 4.78 is 21.6. The van der Waals surface area contributed by atoms with E-state index in [4.69, 9.17) is 10.5 Å². The Morgan fingerprint density at radius 1 is 1.38 bits per heavy atom. The number of hydrogen-bond acceptors (Lipinski definition) is 3. The second kappa shape index (κ2) is 7.22. The van der Waals surface area contributed by atoms with Crippen LogP contribution in [-0.4, -0.2) is 15.8 Å². The van der Waals surface area contributed by atoms with Crippen LogP contribution in [0.4, 0.5) is 4.39 Å². The van der Waals surface area contributed by atoms with E-state index < -0.39 is 0 Å². The third kappa shape index (κ3) is 4.04. The number of nitrogens with zero attached hydrogens (tertiary/aromatic N) is 2. The van der Waals surface area contributed by atoms with Gasteiger partial charge in [-0.1, -0.05) is 19.9 Å². The average Bonchev–Trinajstić information content (AvgIpc) is 2.90. The van der Waals surface area contributed by atoms with E-state index in [0.717, 1.165) is 19.4 Å². The van der Waals surface area contributed by atoms with Crippen molar-refractivity contribution < 1.29 is 9.13 Å². The van der Waals surface area contributed by atoms with Crippen molar-refractivity contribution in [3.63, 3.8) is 0 Å². The topological polar surface area (TPSA) is 53.1 Å². The first-order chi connectivity index (χ1) is 10.1. The summed E-state index contributed by atoms with van der Waals surface area (Å²) in [6.07, 6.45) is 5.71. The van der Waals surface area contributed by atoms with Crippen LogP contribution < -0.4 is 10.5 Å². The van der Waals surface area contributed by atoms with E-state index in [1.54, 1.807) is 18.3 Å². The summed E-state index contributed by atoms with van der Waals surface area (Å²) >= 11 is 0. The molecule has 0 aliphatic carbocycles. The molecule has 0 bridgehead atoms. The average molecular weight is 291 g/mol. The predicted molar refractivity (Wildman–Crippen MR) is 81.0 cm³/mol. The Morgan fingerprint density at radius 2 is 2.19 bits per heavy atom.